The average Bonchev–Trinajstić information content (AvgIpc) is 3.14. The van der Waals surface area contributed by atoms with E-state index in [2.05, 4.69) is 20.2 Å². The van der Waals surface area contributed by atoms with Crippen LogP contribution >= 0.6 is 23.4 Å². The molecule has 7 heteroatoms. The minimum absolute atomic E-state index is 0.0173. The molecule has 1 saturated heterocycles. The molecule has 1 aliphatic rings. The number of carbonyl (C=O) groups excluding carboxylic acids is 1. The lowest BCUT2D eigenvalue weighted by Gasteiger charge is -2.16. The van der Waals surface area contributed by atoms with Crippen LogP contribution in [0.15, 0.2) is 41.7 Å². The van der Waals surface area contributed by atoms with Crippen molar-refractivity contribution in [3.63, 3.8) is 0 Å². The quantitative estimate of drug-likeness (QED) is 0.632. The van der Waals surface area contributed by atoms with Gasteiger partial charge in [-0.05, 0) is 30.5 Å². The third-order valence-corrected chi connectivity index (χ3v) is 4.99. The molecule has 2 heterocycles. The number of aromatic nitrogens is 2. The van der Waals surface area contributed by atoms with Gasteiger partial charge in [-0.1, -0.05) is 35.5 Å². The summed E-state index contributed by atoms with van der Waals surface area (Å²) >= 11 is 7.27. The van der Waals surface area contributed by atoms with Gasteiger partial charge in [0.15, 0.2) is 0 Å². The highest BCUT2D eigenvalue weighted by Crippen LogP contribution is 2.22. The van der Waals surface area contributed by atoms with Gasteiger partial charge in [0, 0.05) is 30.7 Å². The summed E-state index contributed by atoms with van der Waals surface area (Å²) in [6.07, 6.45) is 3.99. The van der Waals surface area contributed by atoms with E-state index < -0.39 is 0 Å². The lowest BCUT2D eigenvalue weighted by Crippen LogP contribution is -2.24. The first kappa shape index (κ1) is 17.0. The van der Waals surface area contributed by atoms with Gasteiger partial charge in [0.2, 0.25) is 5.91 Å². The van der Waals surface area contributed by atoms with E-state index in [1.54, 1.807) is 6.33 Å². The number of carbonyl (C=O) groups is 1. The maximum absolute atomic E-state index is 12.0. The molecule has 1 fully saturated rings. The normalized spacial score (nSPS) is 14.0. The van der Waals surface area contributed by atoms with E-state index in [4.69, 9.17) is 11.6 Å². The molecule has 3 rings (SSSR count). The molecule has 0 radical (unpaired) electrons. The van der Waals surface area contributed by atoms with Crippen LogP contribution in [-0.4, -0.2) is 34.7 Å². The molecule has 1 aromatic heterocycles. The molecule has 0 unspecified atom stereocenters. The van der Waals surface area contributed by atoms with E-state index in [1.807, 2.05) is 30.3 Å². The maximum atomic E-state index is 12.0. The van der Waals surface area contributed by atoms with E-state index in [1.165, 1.54) is 24.6 Å². The Kier molecular flexibility index (Phi) is 5.93. The van der Waals surface area contributed by atoms with E-state index in [-0.39, 0.29) is 5.91 Å². The number of thioether (sulfide) groups is 1. The fraction of sp³-hybridized carbons (Fsp3) is 0.353. The molecule has 126 valence electrons. The molecular weight excluding hydrogens is 344 g/mol. The van der Waals surface area contributed by atoms with Crippen molar-refractivity contribution >= 4 is 35.1 Å². The van der Waals surface area contributed by atoms with Crippen LogP contribution in [0.5, 0.6) is 0 Å². The first-order chi connectivity index (χ1) is 11.7. The molecule has 2 aromatic rings. The van der Waals surface area contributed by atoms with Crippen LogP contribution in [0.2, 0.25) is 5.02 Å². The Bertz CT molecular complexity index is 689. The molecule has 0 bridgehead atoms. The van der Waals surface area contributed by atoms with Crippen LogP contribution in [0.25, 0.3) is 0 Å². The van der Waals surface area contributed by atoms with Gasteiger partial charge in [-0.3, -0.25) is 4.79 Å². The zero-order valence-electron chi connectivity index (χ0n) is 13.2. The number of hydrogen-bond donors (Lipinski definition) is 1. The van der Waals surface area contributed by atoms with E-state index in [0.717, 1.165) is 29.5 Å². The van der Waals surface area contributed by atoms with Gasteiger partial charge in [-0.2, -0.15) is 0 Å². The van der Waals surface area contributed by atoms with Crippen LogP contribution in [0.4, 0.5) is 5.82 Å². The largest absolute Gasteiger partial charge is 0.356 e. The highest BCUT2D eigenvalue weighted by Gasteiger charge is 2.14. The zero-order valence-corrected chi connectivity index (χ0v) is 14.8. The van der Waals surface area contributed by atoms with Crippen molar-refractivity contribution in [3.05, 3.63) is 47.2 Å². The van der Waals surface area contributed by atoms with Crippen LogP contribution in [0.3, 0.4) is 0 Å². The van der Waals surface area contributed by atoms with Crippen molar-refractivity contribution in [2.75, 3.05) is 23.7 Å². The van der Waals surface area contributed by atoms with Gasteiger partial charge in [0.25, 0.3) is 0 Å². The van der Waals surface area contributed by atoms with E-state index >= 15 is 0 Å². The van der Waals surface area contributed by atoms with Crippen molar-refractivity contribution in [2.45, 2.75) is 24.4 Å². The van der Waals surface area contributed by atoms with E-state index in [9.17, 15) is 4.79 Å². The number of amides is 1. The Labute approximate surface area is 150 Å². The number of nitrogens with zero attached hydrogens (tertiary/aromatic N) is 3. The van der Waals surface area contributed by atoms with Gasteiger partial charge < -0.3 is 10.2 Å². The third-order valence-electron chi connectivity index (χ3n) is 3.81. The van der Waals surface area contributed by atoms with Gasteiger partial charge >= 0.3 is 0 Å². The standard InChI is InChI=1S/C17H19ClN4OS/c18-14-5-3-13(4-6-14)10-19-16(23)11-24-17-9-15(20-12-21-17)22-7-1-2-8-22/h3-6,9,12H,1-2,7-8,10-11H2,(H,19,23). The Balaban J connectivity index is 1.47. The van der Waals surface area contributed by atoms with Crippen LogP contribution in [-0.2, 0) is 11.3 Å². The minimum Gasteiger partial charge on any atom is -0.356 e. The summed E-state index contributed by atoms with van der Waals surface area (Å²) < 4.78 is 0. The molecule has 1 N–H and O–H groups in total. The molecule has 1 amide bonds. The first-order valence-electron chi connectivity index (χ1n) is 7.91. The lowest BCUT2D eigenvalue weighted by molar-refractivity contribution is -0.118. The molecule has 24 heavy (non-hydrogen) atoms. The fourth-order valence-electron chi connectivity index (χ4n) is 2.52. The van der Waals surface area contributed by atoms with Crippen LogP contribution in [0, 0.1) is 0 Å². The molecule has 1 aromatic carbocycles. The molecule has 0 aliphatic carbocycles. The van der Waals surface area contributed by atoms with Crippen molar-refractivity contribution in [3.8, 4) is 0 Å². The molecule has 0 atom stereocenters. The first-order valence-corrected chi connectivity index (χ1v) is 9.28. The van der Waals surface area contributed by atoms with Crippen molar-refractivity contribution in [1.29, 1.82) is 0 Å². The van der Waals surface area contributed by atoms with Crippen molar-refractivity contribution in [1.82, 2.24) is 15.3 Å². The average molecular weight is 363 g/mol. The van der Waals surface area contributed by atoms with Gasteiger partial charge in [0.1, 0.15) is 17.2 Å². The second-order valence-corrected chi connectivity index (χ2v) is 7.03. The summed E-state index contributed by atoms with van der Waals surface area (Å²) in [5.41, 5.74) is 1.02. The minimum atomic E-state index is -0.0173. The topological polar surface area (TPSA) is 58.1 Å². The smallest absolute Gasteiger partial charge is 0.230 e. The highest BCUT2D eigenvalue weighted by molar-refractivity contribution is 7.99. The summed E-state index contributed by atoms with van der Waals surface area (Å²) in [5.74, 6) is 1.27. The Morgan fingerprint density at radius 3 is 2.71 bits per heavy atom. The van der Waals surface area contributed by atoms with Gasteiger partial charge in [-0.25, -0.2) is 9.97 Å². The van der Waals surface area contributed by atoms with Crippen molar-refractivity contribution < 1.29 is 4.79 Å². The number of nitrogens with one attached hydrogen (secondary N) is 1. The van der Waals surface area contributed by atoms with Gasteiger partial charge in [-0.15, -0.1) is 0 Å². The number of rotatable bonds is 6. The summed E-state index contributed by atoms with van der Waals surface area (Å²) in [6.45, 7) is 2.59. The monoisotopic (exact) mass is 362 g/mol. The number of halogens is 1. The predicted octanol–water partition coefficient (Wildman–Crippen LogP) is 3.14. The maximum Gasteiger partial charge on any atom is 0.230 e. The highest BCUT2D eigenvalue weighted by atomic mass is 35.5. The second kappa shape index (κ2) is 8.35. The van der Waals surface area contributed by atoms with Crippen molar-refractivity contribution in [2.24, 2.45) is 0 Å². The number of hydrogen-bond acceptors (Lipinski definition) is 5. The van der Waals surface area contributed by atoms with E-state index in [0.29, 0.717) is 17.3 Å². The lowest BCUT2D eigenvalue weighted by atomic mass is 10.2. The molecule has 1 aliphatic heterocycles. The van der Waals surface area contributed by atoms with Crippen LogP contribution in [0.1, 0.15) is 18.4 Å². The molecular formula is C17H19ClN4OS. The van der Waals surface area contributed by atoms with Gasteiger partial charge in [0.05, 0.1) is 5.75 Å². The third kappa shape index (κ3) is 4.85. The fourth-order valence-corrected chi connectivity index (χ4v) is 3.34. The molecule has 5 nitrogen and oxygen atoms in total. The summed E-state index contributed by atoms with van der Waals surface area (Å²) in [5, 5.41) is 4.42. The Morgan fingerprint density at radius 2 is 1.96 bits per heavy atom. The second-order valence-electron chi connectivity index (χ2n) is 5.60. The molecule has 0 saturated carbocycles. The summed E-state index contributed by atoms with van der Waals surface area (Å²) in [4.78, 5) is 22.8. The predicted molar refractivity (Wildman–Crippen MR) is 97.5 cm³/mol. The SMILES string of the molecule is O=C(CSc1cc(N2CCCC2)ncn1)NCc1ccc(Cl)cc1. The number of anilines is 1. The molecule has 0 spiro atoms. The zero-order chi connectivity index (χ0) is 16.8. The van der Waals surface area contributed by atoms with Crippen LogP contribution < -0.4 is 10.2 Å². The Hall–Kier alpha value is -1.79. The Morgan fingerprint density at radius 1 is 1.21 bits per heavy atom. The number of benzene rings is 1. The summed E-state index contributed by atoms with van der Waals surface area (Å²) in [7, 11) is 0. The summed E-state index contributed by atoms with van der Waals surface area (Å²) in [6, 6.07) is 9.41.